The van der Waals surface area contributed by atoms with Crippen LogP contribution in [-0.4, -0.2) is 15.1 Å². The van der Waals surface area contributed by atoms with Crippen LogP contribution in [0, 0.1) is 10.1 Å². The molecule has 2 aromatic rings. The highest BCUT2D eigenvalue weighted by molar-refractivity contribution is 9.09. The minimum absolute atomic E-state index is 0.0508. The van der Waals surface area contributed by atoms with Crippen molar-refractivity contribution in [1.29, 1.82) is 0 Å². The first-order chi connectivity index (χ1) is 9.01. The summed E-state index contributed by atoms with van der Waals surface area (Å²) in [4.78, 5) is 10.5. The van der Waals surface area contributed by atoms with Gasteiger partial charge in [0.2, 0.25) is 0 Å². The molecule has 0 saturated carbocycles. The molecule has 1 aromatic carbocycles. The predicted octanol–water partition coefficient (Wildman–Crippen LogP) is 4.61. The van der Waals surface area contributed by atoms with E-state index in [2.05, 4.69) is 26.1 Å². The summed E-state index contributed by atoms with van der Waals surface area (Å²) in [7, 11) is 0. The normalized spacial score (nSPS) is 12.4. The summed E-state index contributed by atoms with van der Waals surface area (Å²) < 4.78 is 0. The Morgan fingerprint density at radius 1 is 1.47 bits per heavy atom. The van der Waals surface area contributed by atoms with E-state index in [1.165, 1.54) is 23.5 Å². The van der Waals surface area contributed by atoms with Crippen LogP contribution in [0.3, 0.4) is 0 Å². The SMILES string of the molecule is CCC(Br)c1nnc(-c2cc(Cl)cc([N+](=O)[O-])c2)s1. The van der Waals surface area contributed by atoms with E-state index < -0.39 is 4.92 Å². The molecule has 1 atom stereocenters. The number of aromatic nitrogens is 2. The number of hydrogen-bond acceptors (Lipinski definition) is 5. The van der Waals surface area contributed by atoms with Gasteiger partial charge in [0.15, 0.2) is 0 Å². The van der Waals surface area contributed by atoms with Crippen molar-refractivity contribution >= 4 is 44.6 Å². The molecule has 1 aromatic heterocycles. The minimum Gasteiger partial charge on any atom is -0.258 e. The smallest absolute Gasteiger partial charge is 0.258 e. The van der Waals surface area contributed by atoms with Crippen LogP contribution in [0.4, 0.5) is 5.69 Å². The van der Waals surface area contributed by atoms with E-state index in [1.807, 2.05) is 6.92 Å². The van der Waals surface area contributed by atoms with E-state index in [-0.39, 0.29) is 10.5 Å². The van der Waals surface area contributed by atoms with Crippen LogP contribution in [0.2, 0.25) is 5.02 Å². The Labute approximate surface area is 126 Å². The third-order valence-corrected chi connectivity index (χ3v) is 5.10. The number of non-ortho nitro benzene ring substituents is 1. The number of benzene rings is 1. The molecule has 0 aliphatic carbocycles. The van der Waals surface area contributed by atoms with Crippen molar-refractivity contribution in [2.45, 2.75) is 18.2 Å². The van der Waals surface area contributed by atoms with Gasteiger partial charge in [-0.1, -0.05) is 45.8 Å². The zero-order valence-electron chi connectivity index (χ0n) is 9.84. The second-order valence-corrected chi connectivity index (χ2v) is 6.33. The monoisotopic (exact) mass is 361 g/mol. The summed E-state index contributed by atoms with van der Waals surface area (Å²) in [6, 6.07) is 4.41. The predicted molar refractivity (Wildman–Crippen MR) is 79.0 cm³/mol. The maximum atomic E-state index is 10.8. The second kappa shape index (κ2) is 5.94. The van der Waals surface area contributed by atoms with Crippen molar-refractivity contribution in [3.05, 3.63) is 38.3 Å². The number of nitrogens with zero attached hydrogens (tertiary/aromatic N) is 3. The molecule has 2 rings (SSSR count). The van der Waals surface area contributed by atoms with Gasteiger partial charge in [-0.05, 0) is 12.5 Å². The first-order valence-corrected chi connectivity index (χ1v) is 7.55. The first kappa shape index (κ1) is 14.4. The molecule has 1 heterocycles. The lowest BCUT2D eigenvalue weighted by atomic mass is 10.2. The molecule has 0 N–H and O–H groups in total. The van der Waals surface area contributed by atoms with Gasteiger partial charge in [0, 0.05) is 22.7 Å². The number of halogens is 2. The lowest BCUT2D eigenvalue weighted by Crippen LogP contribution is -1.88. The number of hydrogen-bond donors (Lipinski definition) is 0. The van der Waals surface area contributed by atoms with Gasteiger partial charge in [-0.2, -0.15) is 0 Å². The molecule has 0 fully saturated rings. The number of alkyl halides is 1. The van der Waals surface area contributed by atoms with Crippen LogP contribution in [0.15, 0.2) is 18.2 Å². The van der Waals surface area contributed by atoms with Gasteiger partial charge in [0.05, 0.1) is 9.75 Å². The lowest BCUT2D eigenvalue weighted by Gasteiger charge is -1.99. The van der Waals surface area contributed by atoms with E-state index >= 15 is 0 Å². The minimum atomic E-state index is -0.476. The second-order valence-electron chi connectivity index (χ2n) is 3.78. The molecule has 8 heteroatoms. The summed E-state index contributed by atoms with van der Waals surface area (Å²) in [5.41, 5.74) is 0.559. The van der Waals surface area contributed by atoms with Gasteiger partial charge >= 0.3 is 0 Å². The van der Waals surface area contributed by atoms with Gasteiger partial charge < -0.3 is 0 Å². The molecular weight excluding hydrogens is 354 g/mol. The van der Waals surface area contributed by atoms with E-state index in [1.54, 1.807) is 6.07 Å². The fraction of sp³-hybridized carbons (Fsp3) is 0.273. The van der Waals surface area contributed by atoms with Gasteiger partial charge in [0.25, 0.3) is 5.69 Å². The Bertz CT molecular complexity index is 620. The van der Waals surface area contributed by atoms with E-state index in [0.29, 0.717) is 15.6 Å². The largest absolute Gasteiger partial charge is 0.271 e. The average Bonchev–Trinajstić information content (AvgIpc) is 2.86. The highest BCUT2D eigenvalue weighted by Crippen LogP contribution is 2.34. The van der Waals surface area contributed by atoms with Crippen LogP contribution < -0.4 is 0 Å². The topological polar surface area (TPSA) is 68.9 Å². The highest BCUT2D eigenvalue weighted by Gasteiger charge is 2.16. The van der Waals surface area contributed by atoms with Crippen LogP contribution in [0.1, 0.15) is 23.2 Å². The van der Waals surface area contributed by atoms with E-state index in [9.17, 15) is 10.1 Å². The molecule has 5 nitrogen and oxygen atoms in total. The molecule has 100 valence electrons. The van der Waals surface area contributed by atoms with E-state index in [0.717, 1.165) is 11.4 Å². The van der Waals surface area contributed by atoms with Gasteiger partial charge in [-0.25, -0.2) is 0 Å². The third kappa shape index (κ3) is 3.29. The fourth-order valence-corrected chi connectivity index (χ4v) is 2.95. The zero-order chi connectivity index (χ0) is 14.0. The molecule has 1 unspecified atom stereocenters. The molecule has 0 spiro atoms. The lowest BCUT2D eigenvalue weighted by molar-refractivity contribution is -0.384. The molecule has 0 aliphatic rings. The Morgan fingerprint density at radius 2 is 2.21 bits per heavy atom. The Hall–Kier alpha value is -1.05. The zero-order valence-corrected chi connectivity index (χ0v) is 13.0. The molecule has 0 amide bonds. The van der Waals surface area contributed by atoms with Crippen molar-refractivity contribution in [3.63, 3.8) is 0 Å². The molecule has 0 aliphatic heterocycles. The summed E-state index contributed by atoms with van der Waals surface area (Å²) >= 11 is 10.8. The number of rotatable bonds is 4. The quantitative estimate of drug-likeness (QED) is 0.452. The van der Waals surface area contributed by atoms with Crippen LogP contribution in [0.5, 0.6) is 0 Å². The standard InChI is InChI=1S/C11H9BrClN3O2S/c1-2-9(12)11-15-14-10(19-11)6-3-7(13)5-8(4-6)16(17)18/h3-5,9H,2H2,1H3. The summed E-state index contributed by atoms with van der Waals surface area (Å²) in [6.07, 6.45) is 0.893. The molecular formula is C11H9BrClN3O2S. The maximum Gasteiger partial charge on any atom is 0.271 e. The Kier molecular flexibility index (Phi) is 4.49. The van der Waals surface area contributed by atoms with Gasteiger partial charge in [-0.3, -0.25) is 10.1 Å². The van der Waals surface area contributed by atoms with Gasteiger partial charge in [-0.15, -0.1) is 10.2 Å². The maximum absolute atomic E-state index is 10.8. The van der Waals surface area contributed by atoms with Crippen molar-refractivity contribution < 1.29 is 4.92 Å². The Balaban J connectivity index is 2.41. The molecule has 0 bridgehead atoms. The highest BCUT2D eigenvalue weighted by atomic mass is 79.9. The fourth-order valence-electron chi connectivity index (χ4n) is 1.46. The van der Waals surface area contributed by atoms with Crippen molar-refractivity contribution in [1.82, 2.24) is 10.2 Å². The molecule has 0 radical (unpaired) electrons. The summed E-state index contributed by atoms with van der Waals surface area (Å²) in [5, 5.41) is 20.7. The van der Waals surface area contributed by atoms with Gasteiger partial charge in [0.1, 0.15) is 10.0 Å². The number of nitro benzene ring substituents is 1. The van der Waals surface area contributed by atoms with E-state index in [4.69, 9.17) is 11.6 Å². The molecule has 19 heavy (non-hydrogen) atoms. The van der Waals surface area contributed by atoms with Crippen LogP contribution in [-0.2, 0) is 0 Å². The van der Waals surface area contributed by atoms with Crippen LogP contribution in [0.25, 0.3) is 10.6 Å². The molecule has 0 saturated heterocycles. The average molecular weight is 363 g/mol. The Morgan fingerprint density at radius 3 is 2.84 bits per heavy atom. The van der Waals surface area contributed by atoms with Crippen molar-refractivity contribution in [3.8, 4) is 10.6 Å². The first-order valence-electron chi connectivity index (χ1n) is 5.44. The summed E-state index contributed by atoms with van der Waals surface area (Å²) in [5.74, 6) is 0. The van der Waals surface area contributed by atoms with Crippen molar-refractivity contribution in [2.24, 2.45) is 0 Å². The third-order valence-electron chi connectivity index (χ3n) is 2.41. The van der Waals surface area contributed by atoms with Crippen molar-refractivity contribution in [2.75, 3.05) is 0 Å². The summed E-state index contributed by atoms with van der Waals surface area (Å²) in [6.45, 7) is 2.03. The number of nitro groups is 1. The van der Waals surface area contributed by atoms with Crippen LogP contribution >= 0.6 is 38.9 Å².